The minimum atomic E-state index is 0.00920. The Labute approximate surface area is 108 Å². The Hall–Kier alpha value is -1.77. The fourth-order valence-corrected chi connectivity index (χ4v) is 2.05. The van der Waals surface area contributed by atoms with E-state index in [9.17, 15) is 4.79 Å². The molecule has 0 saturated heterocycles. The van der Waals surface area contributed by atoms with Crippen molar-refractivity contribution in [3.05, 3.63) is 41.5 Å². The molecule has 2 rings (SSSR count). The van der Waals surface area contributed by atoms with E-state index in [1.54, 1.807) is 0 Å². The number of rotatable bonds is 5. The zero-order valence-electron chi connectivity index (χ0n) is 10.8. The number of hydrogen-bond donors (Lipinski definition) is 2. The van der Waals surface area contributed by atoms with Gasteiger partial charge in [0.1, 0.15) is 0 Å². The first kappa shape index (κ1) is 12.7. The highest BCUT2D eigenvalue weighted by atomic mass is 16.2. The highest BCUT2D eigenvalue weighted by molar-refractivity contribution is 5.83. The second-order valence-corrected chi connectivity index (χ2v) is 4.65. The van der Waals surface area contributed by atoms with E-state index in [0.717, 1.165) is 17.7 Å². The second kappa shape index (κ2) is 6.24. The smallest absolute Gasteiger partial charge is 0.242 e. The van der Waals surface area contributed by atoms with E-state index in [1.807, 2.05) is 6.08 Å². The lowest BCUT2D eigenvalue weighted by molar-refractivity contribution is -0.121. The second-order valence-electron chi connectivity index (χ2n) is 4.65. The number of benzene rings is 1. The van der Waals surface area contributed by atoms with Crippen LogP contribution in [0.15, 0.2) is 30.3 Å². The van der Waals surface area contributed by atoms with Crippen LogP contribution in [0.3, 0.4) is 0 Å². The molecule has 0 fully saturated rings. The van der Waals surface area contributed by atoms with Gasteiger partial charge in [-0.3, -0.25) is 15.6 Å². The third kappa shape index (κ3) is 3.36. The Kier molecular flexibility index (Phi) is 4.40. The van der Waals surface area contributed by atoms with Gasteiger partial charge < -0.3 is 0 Å². The molecule has 0 atom stereocenters. The third-order valence-electron chi connectivity index (χ3n) is 3.16. The van der Waals surface area contributed by atoms with Gasteiger partial charge in [-0.1, -0.05) is 44.0 Å². The standard InChI is InChI=1S/C15H20N2O/c1-2-3-4-5-12-6-8-13(9-7-12)14-10-11-15(18)17-16-14/h6-10,16H,2-5,11H2,1H3,(H,17,18). The minimum absolute atomic E-state index is 0.00920. The van der Waals surface area contributed by atoms with Crippen LogP contribution in [-0.2, 0) is 11.2 Å². The molecule has 1 aliphatic heterocycles. The molecule has 0 aliphatic carbocycles. The number of carbonyl (C=O) groups is 1. The van der Waals surface area contributed by atoms with Crippen LogP contribution in [-0.4, -0.2) is 5.91 Å². The first-order valence-corrected chi connectivity index (χ1v) is 6.64. The van der Waals surface area contributed by atoms with Crippen molar-refractivity contribution in [2.75, 3.05) is 0 Å². The van der Waals surface area contributed by atoms with Crippen LogP contribution in [0.1, 0.15) is 43.7 Å². The maximum Gasteiger partial charge on any atom is 0.242 e. The van der Waals surface area contributed by atoms with Crippen molar-refractivity contribution in [1.82, 2.24) is 10.9 Å². The quantitative estimate of drug-likeness (QED) is 0.782. The number of nitrogens with one attached hydrogen (secondary N) is 2. The molecule has 1 aromatic carbocycles. The zero-order chi connectivity index (χ0) is 12.8. The normalized spacial score (nSPS) is 14.7. The first-order valence-electron chi connectivity index (χ1n) is 6.64. The highest BCUT2D eigenvalue weighted by Gasteiger charge is 2.09. The predicted octanol–water partition coefficient (Wildman–Crippen LogP) is 2.78. The molecular formula is C15H20N2O. The summed E-state index contributed by atoms with van der Waals surface area (Å²) in [6.07, 6.45) is 7.32. The highest BCUT2D eigenvalue weighted by Crippen LogP contribution is 2.16. The van der Waals surface area contributed by atoms with E-state index in [1.165, 1.54) is 24.8 Å². The number of carbonyl (C=O) groups excluding carboxylic acids is 1. The van der Waals surface area contributed by atoms with E-state index in [-0.39, 0.29) is 5.91 Å². The number of unbranched alkanes of at least 4 members (excludes halogenated alkanes) is 2. The Bertz CT molecular complexity index is 434. The molecule has 0 unspecified atom stereocenters. The van der Waals surface area contributed by atoms with Gasteiger partial charge in [-0.2, -0.15) is 0 Å². The van der Waals surface area contributed by atoms with Crippen molar-refractivity contribution in [3.63, 3.8) is 0 Å². The van der Waals surface area contributed by atoms with Crippen LogP contribution in [0.4, 0.5) is 0 Å². The maximum absolute atomic E-state index is 11.0. The summed E-state index contributed by atoms with van der Waals surface area (Å²) in [5, 5.41) is 0. The summed E-state index contributed by atoms with van der Waals surface area (Å²) in [7, 11) is 0. The summed E-state index contributed by atoms with van der Waals surface area (Å²) in [4.78, 5) is 11.0. The van der Waals surface area contributed by atoms with Gasteiger partial charge in [0.15, 0.2) is 0 Å². The molecule has 0 saturated carbocycles. The Morgan fingerprint density at radius 1 is 1.11 bits per heavy atom. The Morgan fingerprint density at radius 3 is 2.50 bits per heavy atom. The average molecular weight is 244 g/mol. The number of hydrazine groups is 1. The van der Waals surface area contributed by atoms with Crippen LogP contribution in [0.2, 0.25) is 0 Å². The largest absolute Gasteiger partial charge is 0.298 e. The van der Waals surface area contributed by atoms with Crippen LogP contribution < -0.4 is 10.9 Å². The molecule has 0 radical (unpaired) electrons. The van der Waals surface area contributed by atoms with Crippen LogP contribution >= 0.6 is 0 Å². The first-order chi connectivity index (χ1) is 8.79. The predicted molar refractivity (Wildman–Crippen MR) is 73.5 cm³/mol. The lowest BCUT2D eigenvalue weighted by atomic mass is 10.0. The Morgan fingerprint density at radius 2 is 1.89 bits per heavy atom. The van der Waals surface area contributed by atoms with Gasteiger partial charge in [0, 0.05) is 6.42 Å². The van der Waals surface area contributed by atoms with Crippen molar-refractivity contribution in [2.24, 2.45) is 0 Å². The van der Waals surface area contributed by atoms with Crippen molar-refractivity contribution in [2.45, 2.75) is 39.0 Å². The van der Waals surface area contributed by atoms with Gasteiger partial charge >= 0.3 is 0 Å². The molecule has 2 N–H and O–H groups in total. The van der Waals surface area contributed by atoms with Crippen molar-refractivity contribution in [1.29, 1.82) is 0 Å². The SMILES string of the molecule is CCCCCc1ccc(C2=CCC(=O)NN2)cc1. The average Bonchev–Trinajstić information content (AvgIpc) is 2.41. The Balaban J connectivity index is 1.97. The molecule has 3 nitrogen and oxygen atoms in total. The van der Waals surface area contributed by atoms with E-state index >= 15 is 0 Å². The summed E-state index contributed by atoms with van der Waals surface area (Å²) in [5.74, 6) is 0.00920. The molecule has 1 heterocycles. The van der Waals surface area contributed by atoms with Gasteiger partial charge in [0.25, 0.3) is 0 Å². The summed E-state index contributed by atoms with van der Waals surface area (Å²) in [6.45, 7) is 2.22. The van der Waals surface area contributed by atoms with E-state index in [0.29, 0.717) is 6.42 Å². The van der Waals surface area contributed by atoms with Gasteiger partial charge in [-0.15, -0.1) is 0 Å². The summed E-state index contributed by atoms with van der Waals surface area (Å²) < 4.78 is 0. The molecule has 0 aromatic heterocycles. The number of amides is 1. The summed E-state index contributed by atoms with van der Waals surface area (Å²) in [5.41, 5.74) is 9.03. The van der Waals surface area contributed by atoms with E-state index < -0.39 is 0 Å². The molecule has 1 amide bonds. The molecule has 1 aromatic rings. The minimum Gasteiger partial charge on any atom is -0.298 e. The zero-order valence-corrected chi connectivity index (χ0v) is 10.8. The monoisotopic (exact) mass is 244 g/mol. The fraction of sp³-hybridized carbons (Fsp3) is 0.400. The molecule has 18 heavy (non-hydrogen) atoms. The van der Waals surface area contributed by atoms with Crippen molar-refractivity contribution < 1.29 is 4.79 Å². The topological polar surface area (TPSA) is 41.1 Å². The third-order valence-corrected chi connectivity index (χ3v) is 3.16. The fourth-order valence-electron chi connectivity index (χ4n) is 2.05. The van der Waals surface area contributed by atoms with Gasteiger partial charge in [-0.25, -0.2) is 0 Å². The van der Waals surface area contributed by atoms with Crippen molar-refractivity contribution in [3.8, 4) is 0 Å². The maximum atomic E-state index is 11.0. The van der Waals surface area contributed by atoms with E-state index in [4.69, 9.17) is 0 Å². The van der Waals surface area contributed by atoms with Crippen LogP contribution in [0.5, 0.6) is 0 Å². The summed E-state index contributed by atoms with van der Waals surface area (Å²) >= 11 is 0. The van der Waals surface area contributed by atoms with Crippen LogP contribution in [0, 0.1) is 0 Å². The molecule has 1 aliphatic rings. The van der Waals surface area contributed by atoms with E-state index in [2.05, 4.69) is 42.0 Å². The molecule has 3 heteroatoms. The molecule has 0 bridgehead atoms. The van der Waals surface area contributed by atoms with Gasteiger partial charge in [-0.05, 0) is 30.0 Å². The molecule has 96 valence electrons. The molecular weight excluding hydrogens is 224 g/mol. The van der Waals surface area contributed by atoms with Gasteiger partial charge in [0.2, 0.25) is 5.91 Å². The molecule has 0 spiro atoms. The lowest BCUT2D eigenvalue weighted by Crippen LogP contribution is -2.38. The van der Waals surface area contributed by atoms with Gasteiger partial charge in [0.05, 0.1) is 5.70 Å². The van der Waals surface area contributed by atoms with Crippen molar-refractivity contribution >= 4 is 11.6 Å². The summed E-state index contributed by atoms with van der Waals surface area (Å²) in [6, 6.07) is 8.56. The number of aryl methyl sites for hydroxylation is 1. The lowest BCUT2D eigenvalue weighted by Gasteiger charge is -2.16. The number of hydrogen-bond acceptors (Lipinski definition) is 2. The van der Waals surface area contributed by atoms with Crippen LogP contribution in [0.25, 0.3) is 5.70 Å².